The third-order valence-corrected chi connectivity index (χ3v) is 2.96. The van der Waals surface area contributed by atoms with Gasteiger partial charge < -0.3 is 9.73 Å². The topological polar surface area (TPSA) is 28.4 Å². The van der Waals surface area contributed by atoms with Crippen LogP contribution in [0.3, 0.4) is 0 Å². The molecule has 0 bridgehead atoms. The first-order chi connectivity index (χ1) is 8.40. The van der Waals surface area contributed by atoms with Gasteiger partial charge in [0.15, 0.2) is 0 Å². The van der Waals surface area contributed by atoms with E-state index in [-0.39, 0.29) is 5.54 Å². The largest absolute Gasteiger partial charge is 0.468 e. The lowest BCUT2D eigenvalue weighted by Gasteiger charge is -2.27. The lowest BCUT2D eigenvalue weighted by atomic mass is 10.1. The first-order valence-electron chi connectivity index (χ1n) is 6.90. The summed E-state index contributed by atoms with van der Waals surface area (Å²) < 4.78 is 5.40. The number of hydrogen-bond donors (Lipinski definition) is 1. The van der Waals surface area contributed by atoms with E-state index in [2.05, 4.69) is 44.8 Å². The molecular formula is C15H28N2O. The van der Waals surface area contributed by atoms with Crippen molar-refractivity contribution in [2.24, 2.45) is 5.92 Å². The van der Waals surface area contributed by atoms with Gasteiger partial charge >= 0.3 is 0 Å². The molecule has 0 aliphatic rings. The van der Waals surface area contributed by atoms with Gasteiger partial charge in [-0.05, 0) is 51.9 Å². The summed E-state index contributed by atoms with van der Waals surface area (Å²) in [7, 11) is 0. The van der Waals surface area contributed by atoms with E-state index in [1.54, 1.807) is 6.26 Å². The molecule has 1 N–H and O–H groups in total. The van der Waals surface area contributed by atoms with Crippen molar-refractivity contribution < 1.29 is 4.42 Å². The van der Waals surface area contributed by atoms with E-state index < -0.39 is 0 Å². The average Bonchev–Trinajstić information content (AvgIpc) is 2.77. The Labute approximate surface area is 112 Å². The van der Waals surface area contributed by atoms with E-state index in [1.165, 1.54) is 0 Å². The zero-order chi connectivity index (χ0) is 13.6. The third kappa shape index (κ3) is 6.22. The van der Waals surface area contributed by atoms with Crippen molar-refractivity contribution in [3.8, 4) is 0 Å². The molecule has 0 fully saturated rings. The Balaban J connectivity index is 2.33. The molecule has 1 atom stereocenters. The van der Waals surface area contributed by atoms with Crippen LogP contribution in [0.25, 0.3) is 0 Å². The van der Waals surface area contributed by atoms with Gasteiger partial charge in [-0.3, -0.25) is 4.90 Å². The molecule has 1 aromatic heterocycles. The van der Waals surface area contributed by atoms with E-state index in [1.807, 2.05) is 12.1 Å². The Morgan fingerprint density at radius 3 is 2.61 bits per heavy atom. The highest BCUT2D eigenvalue weighted by Gasteiger charge is 2.14. The minimum Gasteiger partial charge on any atom is -0.468 e. The normalized spacial score (nSPS) is 14.1. The zero-order valence-corrected chi connectivity index (χ0v) is 12.5. The lowest BCUT2D eigenvalue weighted by molar-refractivity contribution is 0.215. The number of rotatable bonds is 7. The molecular weight excluding hydrogens is 224 g/mol. The summed E-state index contributed by atoms with van der Waals surface area (Å²) in [6.45, 7) is 15.2. The third-order valence-electron chi connectivity index (χ3n) is 2.96. The molecule has 18 heavy (non-hydrogen) atoms. The number of furan rings is 1. The second-order valence-corrected chi connectivity index (χ2v) is 6.14. The summed E-state index contributed by atoms with van der Waals surface area (Å²) in [5, 5.41) is 3.56. The van der Waals surface area contributed by atoms with Crippen molar-refractivity contribution in [2.75, 3.05) is 19.6 Å². The highest BCUT2D eigenvalue weighted by molar-refractivity contribution is 4.97. The zero-order valence-electron chi connectivity index (χ0n) is 12.5. The van der Waals surface area contributed by atoms with E-state index in [4.69, 9.17) is 4.42 Å². The van der Waals surface area contributed by atoms with Crippen LogP contribution in [0.5, 0.6) is 0 Å². The number of nitrogens with zero attached hydrogens (tertiary/aromatic N) is 1. The Hall–Kier alpha value is -0.800. The molecule has 0 amide bonds. The Bertz CT molecular complexity index is 314. The first-order valence-corrected chi connectivity index (χ1v) is 6.90. The van der Waals surface area contributed by atoms with Gasteiger partial charge in [0.1, 0.15) is 5.76 Å². The van der Waals surface area contributed by atoms with Gasteiger partial charge in [0, 0.05) is 12.1 Å². The van der Waals surface area contributed by atoms with Gasteiger partial charge in [0.05, 0.1) is 12.8 Å². The smallest absolute Gasteiger partial charge is 0.117 e. The fourth-order valence-corrected chi connectivity index (χ4v) is 1.91. The van der Waals surface area contributed by atoms with Crippen molar-refractivity contribution in [1.29, 1.82) is 0 Å². The van der Waals surface area contributed by atoms with Gasteiger partial charge in [-0.15, -0.1) is 0 Å². The standard InChI is InChI=1S/C15H28N2O/c1-6-17(12-14-8-7-9-18-14)11-13(2)10-16-15(3,4)5/h7-9,13,16H,6,10-12H2,1-5H3. The van der Waals surface area contributed by atoms with Crippen LogP contribution in [0, 0.1) is 5.92 Å². The van der Waals surface area contributed by atoms with Crippen LogP contribution in [-0.2, 0) is 6.54 Å². The van der Waals surface area contributed by atoms with Gasteiger partial charge in [-0.25, -0.2) is 0 Å². The van der Waals surface area contributed by atoms with E-state index in [9.17, 15) is 0 Å². The quantitative estimate of drug-likeness (QED) is 0.808. The Morgan fingerprint density at radius 1 is 1.39 bits per heavy atom. The van der Waals surface area contributed by atoms with Crippen molar-refractivity contribution in [3.05, 3.63) is 24.2 Å². The molecule has 3 nitrogen and oxygen atoms in total. The van der Waals surface area contributed by atoms with Crippen LogP contribution < -0.4 is 5.32 Å². The maximum absolute atomic E-state index is 5.40. The highest BCUT2D eigenvalue weighted by atomic mass is 16.3. The molecule has 104 valence electrons. The molecule has 0 saturated heterocycles. The van der Waals surface area contributed by atoms with Gasteiger partial charge in [0.2, 0.25) is 0 Å². The second kappa shape index (κ2) is 6.95. The van der Waals surface area contributed by atoms with Crippen LogP contribution in [0.4, 0.5) is 0 Å². The maximum atomic E-state index is 5.40. The lowest BCUT2D eigenvalue weighted by Crippen LogP contribution is -2.41. The minimum absolute atomic E-state index is 0.201. The predicted octanol–water partition coefficient (Wildman–Crippen LogP) is 3.13. The van der Waals surface area contributed by atoms with Gasteiger partial charge in [-0.2, -0.15) is 0 Å². The predicted molar refractivity (Wildman–Crippen MR) is 76.6 cm³/mol. The maximum Gasteiger partial charge on any atom is 0.117 e. The average molecular weight is 252 g/mol. The molecule has 0 aromatic carbocycles. The summed E-state index contributed by atoms with van der Waals surface area (Å²) in [5.41, 5.74) is 0.201. The Kier molecular flexibility index (Phi) is 5.89. The molecule has 0 radical (unpaired) electrons. The molecule has 3 heteroatoms. The van der Waals surface area contributed by atoms with Crippen LogP contribution >= 0.6 is 0 Å². The molecule has 1 aromatic rings. The highest BCUT2D eigenvalue weighted by Crippen LogP contribution is 2.08. The summed E-state index contributed by atoms with van der Waals surface area (Å²) in [6, 6.07) is 3.99. The Morgan fingerprint density at radius 2 is 2.11 bits per heavy atom. The van der Waals surface area contributed by atoms with Gasteiger partial charge in [0.25, 0.3) is 0 Å². The molecule has 1 unspecified atom stereocenters. The van der Waals surface area contributed by atoms with E-state index in [0.717, 1.165) is 31.9 Å². The van der Waals surface area contributed by atoms with E-state index in [0.29, 0.717) is 5.92 Å². The summed E-state index contributed by atoms with van der Waals surface area (Å²) in [5.74, 6) is 1.69. The number of hydrogen-bond acceptors (Lipinski definition) is 3. The molecule has 0 aliphatic heterocycles. The fourth-order valence-electron chi connectivity index (χ4n) is 1.91. The monoisotopic (exact) mass is 252 g/mol. The molecule has 0 aliphatic carbocycles. The van der Waals surface area contributed by atoms with Crippen molar-refractivity contribution in [3.63, 3.8) is 0 Å². The second-order valence-electron chi connectivity index (χ2n) is 6.14. The van der Waals surface area contributed by atoms with E-state index >= 15 is 0 Å². The SMILES string of the molecule is CCN(Cc1ccco1)CC(C)CNC(C)(C)C. The molecule has 0 saturated carbocycles. The van der Waals surface area contributed by atoms with Gasteiger partial charge in [-0.1, -0.05) is 13.8 Å². The number of nitrogens with one attached hydrogen (secondary N) is 1. The van der Waals surface area contributed by atoms with Crippen LogP contribution in [0.15, 0.2) is 22.8 Å². The molecule has 1 heterocycles. The van der Waals surface area contributed by atoms with Crippen LogP contribution in [0.2, 0.25) is 0 Å². The van der Waals surface area contributed by atoms with Crippen molar-refractivity contribution in [1.82, 2.24) is 10.2 Å². The molecule has 0 spiro atoms. The van der Waals surface area contributed by atoms with Crippen molar-refractivity contribution in [2.45, 2.75) is 46.7 Å². The first kappa shape index (κ1) is 15.3. The van der Waals surface area contributed by atoms with Crippen LogP contribution in [0.1, 0.15) is 40.4 Å². The fraction of sp³-hybridized carbons (Fsp3) is 0.733. The molecule has 1 rings (SSSR count). The van der Waals surface area contributed by atoms with Crippen molar-refractivity contribution >= 4 is 0 Å². The summed E-state index contributed by atoms with van der Waals surface area (Å²) >= 11 is 0. The minimum atomic E-state index is 0.201. The van der Waals surface area contributed by atoms with Crippen LogP contribution in [-0.4, -0.2) is 30.1 Å². The summed E-state index contributed by atoms with van der Waals surface area (Å²) in [4.78, 5) is 2.42. The summed E-state index contributed by atoms with van der Waals surface area (Å²) in [6.07, 6.45) is 1.74.